The lowest BCUT2D eigenvalue weighted by Crippen LogP contribution is -2.58. The second-order valence-corrected chi connectivity index (χ2v) is 8.46. The summed E-state index contributed by atoms with van der Waals surface area (Å²) in [7, 11) is 0. The van der Waals surface area contributed by atoms with Crippen molar-refractivity contribution in [3.63, 3.8) is 0 Å². The minimum atomic E-state index is -0.764. The Labute approximate surface area is 190 Å². The van der Waals surface area contributed by atoms with Gasteiger partial charge in [-0.2, -0.15) is 0 Å². The minimum absolute atomic E-state index is 0.158. The van der Waals surface area contributed by atoms with Gasteiger partial charge in [0.2, 0.25) is 17.7 Å². The van der Waals surface area contributed by atoms with E-state index in [2.05, 4.69) is 21.3 Å². The number of nitrogens with one attached hydrogen (secondary N) is 4. The standard InChI is InChI=1S/C24H36N4O4/c1-4-8-19-22(30)26-14-7-5-6-13-25-20(15-17-9-11-18(29)12-10-17)23(31)28-21(16(2)3)24(32)27-19/h5-6,9-12,16,19-21,25,29H,4,7-8,13-15H2,1-3H3,(H,26,30)(H,27,32)(H,28,31)/b6-5+/t19-,20+,21+/m0/s1. The number of hydrogen-bond acceptors (Lipinski definition) is 5. The molecule has 0 spiro atoms. The van der Waals surface area contributed by atoms with E-state index >= 15 is 0 Å². The third-order valence-corrected chi connectivity index (χ3v) is 5.41. The highest BCUT2D eigenvalue weighted by atomic mass is 16.3. The van der Waals surface area contributed by atoms with Gasteiger partial charge in [-0.1, -0.05) is 51.5 Å². The number of phenolic OH excluding ortho intramolecular Hbond substituents is 1. The first-order valence-corrected chi connectivity index (χ1v) is 11.4. The molecule has 0 unspecified atom stereocenters. The van der Waals surface area contributed by atoms with E-state index in [1.807, 2.05) is 32.9 Å². The van der Waals surface area contributed by atoms with Crippen LogP contribution in [0.4, 0.5) is 0 Å². The van der Waals surface area contributed by atoms with Gasteiger partial charge in [-0.05, 0) is 42.9 Å². The molecule has 32 heavy (non-hydrogen) atoms. The highest BCUT2D eigenvalue weighted by Gasteiger charge is 2.30. The largest absolute Gasteiger partial charge is 0.508 e. The topological polar surface area (TPSA) is 120 Å². The fourth-order valence-electron chi connectivity index (χ4n) is 3.55. The molecule has 8 nitrogen and oxygen atoms in total. The maximum atomic E-state index is 13.1. The molecule has 3 atom stereocenters. The van der Waals surface area contributed by atoms with Crippen LogP contribution in [0.25, 0.3) is 0 Å². The summed E-state index contributed by atoms with van der Waals surface area (Å²) >= 11 is 0. The van der Waals surface area contributed by atoms with Crippen molar-refractivity contribution in [3.8, 4) is 5.75 Å². The van der Waals surface area contributed by atoms with Crippen LogP contribution in [-0.2, 0) is 20.8 Å². The summed E-state index contributed by atoms with van der Waals surface area (Å²) in [5.41, 5.74) is 0.890. The SMILES string of the molecule is CCC[C@@H]1NC(=O)[C@@H](C(C)C)NC(=O)[C@@H](Cc2ccc(O)cc2)NC/C=C/CCNC1=O. The average Bonchev–Trinajstić information content (AvgIpc) is 2.76. The zero-order chi connectivity index (χ0) is 23.5. The fraction of sp³-hybridized carbons (Fsp3) is 0.542. The Hall–Kier alpha value is -2.87. The maximum Gasteiger partial charge on any atom is 0.243 e. The predicted molar refractivity (Wildman–Crippen MR) is 124 cm³/mol. The van der Waals surface area contributed by atoms with Gasteiger partial charge in [0.15, 0.2) is 0 Å². The van der Waals surface area contributed by atoms with Crippen molar-refractivity contribution in [2.75, 3.05) is 13.1 Å². The summed E-state index contributed by atoms with van der Waals surface area (Å²) in [4.78, 5) is 38.7. The lowest BCUT2D eigenvalue weighted by molar-refractivity contribution is -0.133. The first-order chi connectivity index (χ1) is 15.3. The molecule has 0 bridgehead atoms. The Balaban J connectivity index is 2.24. The highest BCUT2D eigenvalue weighted by molar-refractivity contribution is 5.93. The molecule has 8 heteroatoms. The van der Waals surface area contributed by atoms with Gasteiger partial charge in [0.05, 0.1) is 6.04 Å². The molecule has 0 aliphatic carbocycles. The zero-order valence-corrected chi connectivity index (χ0v) is 19.2. The third-order valence-electron chi connectivity index (χ3n) is 5.41. The number of benzene rings is 1. The predicted octanol–water partition coefficient (Wildman–Crippen LogP) is 1.39. The van der Waals surface area contributed by atoms with Gasteiger partial charge in [-0.25, -0.2) is 0 Å². The fourth-order valence-corrected chi connectivity index (χ4v) is 3.55. The Morgan fingerprint density at radius 3 is 2.34 bits per heavy atom. The third kappa shape index (κ3) is 8.00. The van der Waals surface area contributed by atoms with E-state index in [1.165, 1.54) is 0 Å². The van der Waals surface area contributed by atoms with E-state index in [9.17, 15) is 19.5 Å². The van der Waals surface area contributed by atoms with E-state index in [0.717, 1.165) is 12.0 Å². The molecule has 2 rings (SSSR count). The molecule has 176 valence electrons. The van der Waals surface area contributed by atoms with Crippen LogP contribution in [0.2, 0.25) is 0 Å². The van der Waals surface area contributed by atoms with E-state index in [0.29, 0.717) is 32.4 Å². The first-order valence-electron chi connectivity index (χ1n) is 11.4. The summed E-state index contributed by atoms with van der Waals surface area (Å²) in [5, 5.41) is 21.3. The van der Waals surface area contributed by atoms with Gasteiger partial charge in [0.25, 0.3) is 0 Å². The van der Waals surface area contributed by atoms with Crippen LogP contribution in [0.1, 0.15) is 45.6 Å². The van der Waals surface area contributed by atoms with Gasteiger partial charge in [0, 0.05) is 13.1 Å². The van der Waals surface area contributed by atoms with Crippen LogP contribution in [-0.4, -0.2) is 54.0 Å². The highest BCUT2D eigenvalue weighted by Crippen LogP contribution is 2.12. The molecular weight excluding hydrogens is 408 g/mol. The number of carbonyl (C=O) groups excluding carboxylic acids is 3. The van der Waals surface area contributed by atoms with Crippen molar-refractivity contribution >= 4 is 17.7 Å². The van der Waals surface area contributed by atoms with Crippen LogP contribution in [0.5, 0.6) is 5.75 Å². The zero-order valence-electron chi connectivity index (χ0n) is 19.2. The summed E-state index contributed by atoms with van der Waals surface area (Å²) in [6.45, 7) is 6.63. The molecule has 3 amide bonds. The molecule has 1 aliphatic rings. The second-order valence-electron chi connectivity index (χ2n) is 8.46. The van der Waals surface area contributed by atoms with E-state index in [-0.39, 0.29) is 29.4 Å². The summed E-state index contributed by atoms with van der Waals surface area (Å²) in [6.07, 6.45) is 6.21. The van der Waals surface area contributed by atoms with E-state index in [1.54, 1.807) is 24.3 Å². The van der Waals surface area contributed by atoms with Gasteiger partial charge >= 0.3 is 0 Å². The van der Waals surface area contributed by atoms with Gasteiger partial charge in [0.1, 0.15) is 17.8 Å². The Morgan fingerprint density at radius 2 is 1.69 bits per heavy atom. The molecule has 0 fully saturated rings. The molecule has 0 aromatic heterocycles. The second kappa shape index (κ2) is 12.9. The molecule has 0 saturated carbocycles. The number of carbonyl (C=O) groups is 3. The quantitative estimate of drug-likeness (QED) is 0.440. The first kappa shape index (κ1) is 25.4. The molecule has 1 aromatic carbocycles. The van der Waals surface area contributed by atoms with Crippen LogP contribution in [0.3, 0.4) is 0 Å². The molecule has 1 aliphatic heterocycles. The Morgan fingerprint density at radius 1 is 0.969 bits per heavy atom. The maximum absolute atomic E-state index is 13.1. The monoisotopic (exact) mass is 444 g/mol. The van der Waals surface area contributed by atoms with Crippen molar-refractivity contribution < 1.29 is 19.5 Å². The van der Waals surface area contributed by atoms with Crippen molar-refractivity contribution in [3.05, 3.63) is 42.0 Å². The lowest BCUT2D eigenvalue weighted by Gasteiger charge is -2.27. The average molecular weight is 445 g/mol. The van der Waals surface area contributed by atoms with Crippen molar-refractivity contribution in [2.45, 2.75) is 64.6 Å². The Kier molecular flexibility index (Phi) is 10.2. The van der Waals surface area contributed by atoms with E-state index in [4.69, 9.17) is 0 Å². The summed E-state index contributed by atoms with van der Waals surface area (Å²) in [6, 6.07) is 4.76. The summed E-state index contributed by atoms with van der Waals surface area (Å²) in [5.74, 6) is -0.850. The minimum Gasteiger partial charge on any atom is -0.508 e. The number of hydrogen-bond donors (Lipinski definition) is 5. The van der Waals surface area contributed by atoms with Crippen molar-refractivity contribution in [1.82, 2.24) is 21.3 Å². The van der Waals surface area contributed by atoms with Gasteiger partial charge in [-0.3, -0.25) is 14.4 Å². The van der Waals surface area contributed by atoms with Gasteiger partial charge < -0.3 is 26.4 Å². The normalized spacial score (nSPS) is 24.6. The molecule has 0 saturated heterocycles. The number of phenols is 1. The molecular formula is C24H36N4O4. The molecule has 0 radical (unpaired) electrons. The van der Waals surface area contributed by atoms with Crippen LogP contribution in [0.15, 0.2) is 36.4 Å². The van der Waals surface area contributed by atoms with Gasteiger partial charge in [-0.15, -0.1) is 0 Å². The lowest BCUT2D eigenvalue weighted by atomic mass is 10.00. The number of aromatic hydroxyl groups is 1. The van der Waals surface area contributed by atoms with Crippen LogP contribution >= 0.6 is 0 Å². The smallest absolute Gasteiger partial charge is 0.243 e. The van der Waals surface area contributed by atoms with Crippen molar-refractivity contribution in [1.29, 1.82) is 0 Å². The van der Waals surface area contributed by atoms with Crippen LogP contribution in [0, 0.1) is 5.92 Å². The van der Waals surface area contributed by atoms with Crippen molar-refractivity contribution in [2.24, 2.45) is 5.92 Å². The Bertz CT molecular complexity index is 792. The van der Waals surface area contributed by atoms with Crippen LogP contribution < -0.4 is 21.3 Å². The number of rotatable bonds is 5. The molecule has 1 heterocycles. The number of amides is 3. The van der Waals surface area contributed by atoms with E-state index < -0.39 is 18.1 Å². The molecule has 5 N–H and O–H groups in total. The molecule has 1 aromatic rings. The summed E-state index contributed by atoms with van der Waals surface area (Å²) < 4.78 is 0.